The zero-order valence-electron chi connectivity index (χ0n) is 11.6. The van der Waals surface area contributed by atoms with Crippen molar-refractivity contribution >= 4 is 29.0 Å². The lowest BCUT2D eigenvalue weighted by atomic mass is 10.2. The van der Waals surface area contributed by atoms with Crippen molar-refractivity contribution in [3.63, 3.8) is 0 Å². The van der Waals surface area contributed by atoms with Crippen LogP contribution in [-0.2, 0) is 4.79 Å². The van der Waals surface area contributed by atoms with Gasteiger partial charge < -0.3 is 11.1 Å². The van der Waals surface area contributed by atoms with Crippen LogP contribution in [0.15, 0.2) is 47.4 Å². The number of benzene rings is 2. The summed E-state index contributed by atoms with van der Waals surface area (Å²) in [6.45, 7) is 3.98. The molecule has 0 aliphatic heterocycles. The molecule has 0 saturated heterocycles. The molecule has 0 bridgehead atoms. The second-order valence-electron chi connectivity index (χ2n) is 4.72. The summed E-state index contributed by atoms with van der Waals surface area (Å²) in [4.78, 5) is 13.0. The highest BCUT2D eigenvalue weighted by Gasteiger charge is 2.06. The van der Waals surface area contributed by atoms with E-state index in [9.17, 15) is 4.79 Å². The number of nitrogens with two attached hydrogens (primary N) is 1. The van der Waals surface area contributed by atoms with Crippen molar-refractivity contribution in [2.75, 3.05) is 16.8 Å². The first kappa shape index (κ1) is 14.5. The molecule has 4 heteroatoms. The second-order valence-corrected chi connectivity index (χ2v) is 5.77. The van der Waals surface area contributed by atoms with Gasteiger partial charge >= 0.3 is 0 Å². The van der Waals surface area contributed by atoms with Crippen LogP contribution in [0.5, 0.6) is 0 Å². The van der Waals surface area contributed by atoms with E-state index in [0.717, 1.165) is 16.1 Å². The number of aryl methyl sites for hydroxylation is 2. The van der Waals surface area contributed by atoms with Crippen molar-refractivity contribution in [2.24, 2.45) is 0 Å². The van der Waals surface area contributed by atoms with Crippen molar-refractivity contribution in [3.8, 4) is 0 Å². The molecule has 0 aromatic heterocycles. The minimum atomic E-state index is -0.0107. The molecule has 2 rings (SSSR count). The number of amides is 1. The number of nitrogen functional groups attached to an aromatic ring is 1. The number of anilines is 2. The van der Waals surface area contributed by atoms with E-state index in [1.165, 1.54) is 17.3 Å². The minimum Gasteiger partial charge on any atom is -0.399 e. The SMILES string of the molecule is Cc1ccc(SCC(=O)Nc2ccc(N)cc2C)cc1. The molecule has 0 atom stereocenters. The van der Waals surface area contributed by atoms with Crippen molar-refractivity contribution < 1.29 is 4.79 Å². The van der Waals surface area contributed by atoms with Gasteiger partial charge in [0.25, 0.3) is 0 Å². The smallest absolute Gasteiger partial charge is 0.234 e. The third-order valence-corrected chi connectivity index (χ3v) is 3.93. The Bertz CT molecular complexity index is 608. The topological polar surface area (TPSA) is 55.1 Å². The quantitative estimate of drug-likeness (QED) is 0.667. The normalized spacial score (nSPS) is 10.3. The maximum Gasteiger partial charge on any atom is 0.234 e. The fraction of sp³-hybridized carbons (Fsp3) is 0.188. The summed E-state index contributed by atoms with van der Waals surface area (Å²) >= 11 is 1.53. The van der Waals surface area contributed by atoms with Crippen LogP contribution in [-0.4, -0.2) is 11.7 Å². The van der Waals surface area contributed by atoms with Gasteiger partial charge in [-0.1, -0.05) is 17.7 Å². The summed E-state index contributed by atoms with van der Waals surface area (Å²) in [7, 11) is 0. The van der Waals surface area contributed by atoms with Crippen LogP contribution in [0.4, 0.5) is 11.4 Å². The van der Waals surface area contributed by atoms with Gasteiger partial charge in [-0.3, -0.25) is 4.79 Å². The van der Waals surface area contributed by atoms with Gasteiger partial charge in [-0.25, -0.2) is 0 Å². The molecule has 0 unspecified atom stereocenters. The van der Waals surface area contributed by atoms with E-state index in [1.807, 2.05) is 50.2 Å². The largest absolute Gasteiger partial charge is 0.399 e. The van der Waals surface area contributed by atoms with Crippen LogP contribution < -0.4 is 11.1 Å². The Morgan fingerprint density at radius 3 is 2.50 bits per heavy atom. The number of carbonyl (C=O) groups excluding carboxylic acids is 1. The molecule has 0 aliphatic rings. The standard InChI is InChI=1S/C16H18N2OS/c1-11-3-6-14(7-4-11)20-10-16(19)18-15-8-5-13(17)9-12(15)2/h3-9H,10,17H2,1-2H3,(H,18,19). The van der Waals surface area contributed by atoms with Gasteiger partial charge in [-0.2, -0.15) is 0 Å². The monoisotopic (exact) mass is 286 g/mol. The predicted octanol–water partition coefficient (Wildman–Crippen LogP) is 3.62. The van der Waals surface area contributed by atoms with Crippen LogP contribution in [0, 0.1) is 13.8 Å². The van der Waals surface area contributed by atoms with Crippen molar-refractivity contribution in [1.29, 1.82) is 0 Å². The van der Waals surface area contributed by atoms with Gasteiger partial charge in [0, 0.05) is 16.3 Å². The number of rotatable bonds is 4. The summed E-state index contributed by atoms with van der Waals surface area (Å²) in [5, 5.41) is 2.90. The zero-order valence-corrected chi connectivity index (χ0v) is 12.5. The van der Waals surface area contributed by atoms with Crippen molar-refractivity contribution in [3.05, 3.63) is 53.6 Å². The predicted molar refractivity (Wildman–Crippen MR) is 86.1 cm³/mol. The molecule has 20 heavy (non-hydrogen) atoms. The first-order chi connectivity index (χ1) is 9.54. The van der Waals surface area contributed by atoms with Crippen molar-refractivity contribution in [2.45, 2.75) is 18.7 Å². The highest BCUT2D eigenvalue weighted by atomic mass is 32.2. The number of nitrogens with one attached hydrogen (secondary N) is 1. The molecule has 3 N–H and O–H groups in total. The lowest BCUT2D eigenvalue weighted by molar-refractivity contribution is -0.113. The maximum atomic E-state index is 11.9. The third-order valence-electron chi connectivity index (χ3n) is 2.92. The first-order valence-corrected chi connectivity index (χ1v) is 7.38. The van der Waals surface area contributed by atoms with E-state index >= 15 is 0 Å². The second kappa shape index (κ2) is 6.48. The molecule has 0 radical (unpaired) electrons. The fourth-order valence-corrected chi connectivity index (χ4v) is 2.50. The Balaban J connectivity index is 1.90. The lowest BCUT2D eigenvalue weighted by Crippen LogP contribution is -2.14. The van der Waals surface area contributed by atoms with Crippen LogP contribution in [0.25, 0.3) is 0 Å². The van der Waals surface area contributed by atoms with E-state index in [0.29, 0.717) is 11.4 Å². The molecule has 1 amide bonds. The average Bonchev–Trinajstić information content (AvgIpc) is 2.41. The Hall–Kier alpha value is -1.94. The van der Waals surface area contributed by atoms with Gasteiger partial charge in [-0.05, 0) is 49.7 Å². The highest BCUT2D eigenvalue weighted by Crippen LogP contribution is 2.20. The molecule has 3 nitrogen and oxygen atoms in total. The number of hydrogen-bond acceptors (Lipinski definition) is 3. The summed E-state index contributed by atoms with van der Waals surface area (Å²) in [5.74, 6) is 0.385. The minimum absolute atomic E-state index is 0.0107. The molecule has 0 heterocycles. The Morgan fingerprint density at radius 2 is 1.85 bits per heavy atom. The average molecular weight is 286 g/mol. The molecular weight excluding hydrogens is 268 g/mol. The van der Waals surface area contributed by atoms with Crippen LogP contribution in [0.1, 0.15) is 11.1 Å². The first-order valence-electron chi connectivity index (χ1n) is 6.40. The van der Waals surface area contributed by atoms with E-state index in [2.05, 4.69) is 5.32 Å². The van der Waals surface area contributed by atoms with E-state index in [1.54, 1.807) is 6.07 Å². The highest BCUT2D eigenvalue weighted by molar-refractivity contribution is 8.00. The Kier molecular flexibility index (Phi) is 4.69. The molecule has 2 aromatic carbocycles. The van der Waals surface area contributed by atoms with E-state index in [4.69, 9.17) is 5.73 Å². The number of thioether (sulfide) groups is 1. The van der Waals surface area contributed by atoms with Gasteiger partial charge in [0.15, 0.2) is 0 Å². The van der Waals surface area contributed by atoms with Gasteiger partial charge in [0.05, 0.1) is 5.75 Å². The van der Waals surface area contributed by atoms with E-state index in [-0.39, 0.29) is 5.91 Å². The Labute approximate surface area is 123 Å². The Morgan fingerprint density at radius 1 is 1.15 bits per heavy atom. The van der Waals surface area contributed by atoms with E-state index < -0.39 is 0 Å². The van der Waals surface area contributed by atoms with Gasteiger partial charge in [0.2, 0.25) is 5.91 Å². The third kappa shape index (κ3) is 4.03. The summed E-state index contributed by atoms with van der Waals surface area (Å²) in [6.07, 6.45) is 0. The molecule has 0 aliphatic carbocycles. The van der Waals surface area contributed by atoms with Crippen LogP contribution >= 0.6 is 11.8 Å². The van der Waals surface area contributed by atoms with Crippen LogP contribution in [0.3, 0.4) is 0 Å². The summed E-state index contributed by atoms with van der Waals surface area (Å²) in [5.41, 5.74) is 9.40. The fourth-order valence-electron chi connectivity index (χ4n) is 1.80. The zero-order chi connectivity index (χ0) is 14.5. The molecule has 2 aromatic rings. The van der Waals surface area contributed by atoms with Crippen molar-refractivity contribution in [1.82, 2.24) is 0 Å². The molecular formula is C16H18N2OS. The van der Waals surface area contributed by atoms with Gasteiger partial charge in [0.1, 0.15) is 0 Å². The molecule has 104 valence electrons. The number of carbonyl (C=O) groups is 1. The van der Waals surface area contributed by atoms with Crippen LogP contribution in [0.2, 0.25) is 0 Å². The maximum absolute atomic E-state index is 11.9. The number of hydrogen-bond donors (Lipinski definition) is 2. The summed E-state index contributed by atoms with van der Waals surface area (Å²) < 4.78 is 0. The molecule has 0 fully saturated rings. The lowest BCUT2D eigenvalue weighted by Gasteiger charge is -2.09. The van der Waals surface area contributed by atoms with Gasteiger partial charge in [-0.15, -0.1) is 11.8 Å². The molecule has 0 spiro atoms. The molecule has 0 saturated carbocycles. The summed E-state index contributed by atoms with van der Waals surface area (Å²) in [6, 6.07) is 13.6.